The van der Waals surface area contributed by atoms with Gasteiger partial charge in [0.05, 0.1) is 0 Å². The van der Waals surface area contributed by atoms with E-state index in [9.17, 15) is 9.59 Å². The summed E-state index contributed by atoms with van der Waals surface area (Å²) in [7, 11) is 0. The third kappa shape index (κ3) is 3.36. The zero-order valence-electron chi connectivity index (χ0n) is 5.73. The molecule has 0 heterocycles. The van der Waals surface area contributed by atoms with Gasteiger partial charge in [-0.3, -0.25) is 9.59 Å². The second kappa shape index (κ2) is 4.45. The molecule has 62 valence electrons. The lowest BCUT2D eigenvalue weighted by Crippen LogP contribution is -2.21. The van der Waals surface area contributed by atoms with Gasteiger partial charge in [-0.15, -0.1) is 0 Å². The smallest absolute Gasteiger partial charge is 0.321 e. The largest absolute Gasteiger partial charge is 0.480 e. The van der Waals surface area contributed by atoms with Gasteiger partial charge < -0.3 is 15.9 Å². The summed E-state index contributed by atoms with van der Waals surface area (Å²) in [6.45, 7) is 0.136. The van der Waals surface area contributed by atoms with Gasteiger partial charge in [0.1, 0.15) is 0 Å². The van der Waals surface area contributed by atoms with Crippen LogP contribution >= 0.6 is 0 Å². The molecule has 0 saturated carbocycles. The van der Waals surface area contributed by atoms with Gasteiger partial charge in [0, 0.05) is 6.54 Å². The van der Waals surface area contributed by atoms with Gasteiger partial charge in [0.25, 0.3) is 0 Å². The molecule has 0 unspecified atom stereocenters. The van der Waals surface area contributed by atoms with Crippen LogP contribution in [0.4, 0.5) is 0 Å². The molecule has 0 aromatic carbocycles. The van der Waals surface area contributed by atoms with Crippen molar-refractivity contribution in [3.8, 4) is 0 Å². The van der Waals surface area contributed by atoms with E-state index in [0.717, 1.165) is 6.08 Å². The molecule has 4 N–H and O–H groups in total. The zero-order chi connectivity index (χ0) is 8.85. The first-order chi connectivity index (χ1) is 5.09. The van der Waals surface area contributed by atoms with E-state index in [4.69, 9.17) is 15.9 Å². The van der Waals surface area contributed by atoms with E-state index >= 15 is 0 Å². The molecular weight excluding hydrogens is 150 g/mol. The van der Waals surface area contributed by atoms with Crippen molar-refractivity contribution in [2.75, 3.05) is 6.54 Å². The van der Waals surface area contributed by atoms with Gasteiger partial charge in [-0.1, -0.05) is 12.2 Å². The topological polar surface area (TPSA) is 101 Å². The van der Waals surface area contributed by atoms with Crippen molar-refractivity contribution in [1.82, 2.24) is 0 Å². The lowest BCUT2D eigenvalue weighted by Gasteiger charge is -1.98. The molecule has 5 heteroatoms. The SMILES string of the molecule is NCC=CC(C(=O)O)C(=O)O. The van der Waals surface area contributed by atoms with Crippen LogP contribution in [-0.4, -0.2) is 28.7 Å². The van der Waals surface area contributed by atoms with E-state index < -0.39 is 17.9 Å². The van der Waals surface area contributed by atoms with Crippen LogP contribution < -0.4 is 5.73 Å². The third-order valence-corrected chi connectivity index (χ3v) is 0.997. The molecule has 11 heavy (non-hydrogen) atoms. The standard InChI is InChI=1S/C6H9NO4/c7-3-1-2-4(5(8)9)6(10)11/h1-2,4H,3,7H2,(H,8,9)(H,10,11). The Bertz CT molecular complexity index is 173. The van der Waals surface area contributed by atoms with Crippen molar-refractivity contribution in [3.63, 3.8) is 0 Å². The molecule has 0 saturated heterocycles. The Labute approximate surface area is 63.1 Å². The second-order valence-corrected chi connectivity index (χ2v) is 1.82. The lowest BCUT2D eigenvalue weighted by molar-refractivity contribution is -0.151. The quantitative estimate of drug-likeness (QED) is 0.371. The molecule has 0 radical (unpaired) electrons. The highest BCUT2D eigenvalue weighted by Crippen LogP contribution is 1.98. The average molecular weight is 159 g/mol. The van der Waals surface area contributed by atoms with E-state index in [1.807, 2.05) is 0 Å². The zero-order valence-corrected chi connectivity index (χ0v) is 5.73. The highest BCUT2D eigenvalue weighted by Gasteiger charge is 2.21. The van der Waals surface area contributed by atoms with Crippen LogP contribution in [0.2, 0.25) is 0 Å². The fraction of sp³-hybridized carbons (Fsp3) is 0.333. The first-order valence-electron chi connectivity index (χ1n) is 2.92. The minimum atomic E-state index is -1.49. The van der Waals surface area contributed by atoms with Crippen LogP contribution in [0, 0.1) is 5.92 Å². The Morgan fingerprint density at radius 1 is 1.36 bits per heavy atom. The number of aliphatic carboxylic acids is 2. The summed E-state index contributed by atoms with van der Waals surface area (Å²) in [5.41, 5.74) is 5.00. The van der Waals surface area contributed by atoms with Crippen LogP contribution in [0.1, 0.15) is 0 Å². The van der Waals surface area contributed by atoms with Crippen molar-refractivity contribution in [1.29, 1.82) is 0 Å². The van der Waals surface area contributed by atoms with Crippen LogP contribution in [0.3, 0.4) is 0 Å². The molecule has 0 aliphatic heterocycles. The molecule has 0 aromatic heterocycles. The number of nitrogens with two attached hydrogens (primary N) is 1. The number of hydrogen-bond acceptors (Lipinski definition) is 3. The Morgan fingerprint density at radius 2 is 1.82 bits per heavy atom. The predicted molar refractivity (Wildman–Crippen MR) is 37.0 cm³/mol. The van der Waals surface area contributed by atoms with E-state index in [1.54, 1.807) is 0 Å². The van der Waals surface area contributed by atoms with Crippen molar-refractivity contribution in [3.05, 3.63) is 12.2 Å². The van der Waals surface area contributed by atoms with Crippen LogP contribution in [0.5, 0.6) is 0 Å². The molecule has 0 fully saturated rings. The summed E-state index contributed by atoms with van der Waals surface area (Å²) in [5, 5.41) is 16.6. The second-order valence-electron chi connectivity index (χ2n) is 1.82. The van der Waals surface area contributed by atoms with E-state index in [0.29, 0.717) is 0 Å². The third-order valence-electron chi connectivity index (χ3n) is 0.997. The fourth-order valence-corrected chi connectivity index (χ4v) is 0.485. The molecule has 0 aromatic rings. The molecule has 5 nitrogen and oxygen atoms in total. The molecule has 0 atom stereocenters. The van der Waals surface area contributed by atoms with Crippen molar-refractivity contribution in [2.45, 2.75) is 0 Å². The van der Waals surface area contributed by atoms with Gasteiger partial charge in [-0.25, -0.2) is 0 Å². The summed E-state index contributed by atoms with van der Waals surface area (Å²) < 4.78 is 0. The first kappa shape index (κ1) is 9.64. The summed E-state index contributed by atoms with van der Waals surface area (Å²) in [5.74, 6) is -4.26. The Balaban J connectivity index is 4.23. The minimum absolute atomic E-state index is 0.136. The van der Waals surface area contributed by atoms with Crippen LogP contribution in [-0.2, 0) is 9.59 Å². The fourth-order valence-electron chi connectivity index (χ4n) is 0.485. The molecule has 0 aliphatic rings. The number of rotatable bonds is 4. The number of carboxylic acid groups (broad SMARTS) is 2. The van der Waals surface area contributed by atoms with E-state index in [1.165, 1.54) is 6.08 Å². The van der Waals surface area contributed by atoms with Gasteiger partial charge in [-0.2, -0.15) is 0 Å². The maximum atomic E-state index is 10.2. The normalized spacial score (nSPS) is 10.7. The summed E-state index contributed by atoms with van der Waals surface area (Å²) >= 11 is 0. The lowest BCUT2D eigenvalue weighted by atomic mass is 10.1. The summed E-state index contributed by atoms with van der Waals surface area (Å²) in [4.78, 5) is 20.3. The van der Waals surface area contributed by atoms with Crippen LogP contribution in [0.25, 0.3) is 0 Å². The van der Waals surface area contributed by atoms with Gasteiger partial charge in [-0.05, 0) is 0 Å². The molecule has 0 bridgehead atoms. The van der Waals surface area contributed by atoms with Gasteiger partial charge in [0.15, 0.2) is 5.92 Å². The van der Waals surface area contributed by atoms with Crippen molar-refractivity contribution < 1.29 is 19.8 Å². The maximum absolute atomic E-state index is 10.2. The average Bonchev–Trinajstić information content (AvgIpc) is 1.87. The number of hydrogen-bond donors (Lipinski definition) is 3. The maximum Gasteiger partial charge on any atom is 0.321 e. The highest BCUT2D eigenvalue weighted by molar-refractivity contribution is 5.94. The molecule has 0 aliphatic carbocycles. The molecule has 0 spiro atoms. The van der Waals surface area contributed by atoms with E-state index in [2.05, 4.69) is 0 Å². The van der Waals surface area contributed by atoms with Crippen molar-refractivity contribution in [2.24, 2.45) is 11.7 Å². The van der Waals surface area contributed by atoms with Crippen molar-refractivity contribution >= 4 is 11.9 Å². The van der Waals surface area contributed by atoms with Gasteiger partial charge in [0.2, 0.25) is 0 Å². The Hall–Kier alpha value is -1.36. The summed E-state index contributed by atoms with van der Waals surface area (Å²) in [6, 6.07) is 0. The molecule has 0 rings (SSSR count). The number of carbonyl (C=O) groups is 2. The summed E-state index contributed by atoms with van der Waals surface area (Å²) in [6.07, 6.45) is 2.34. The molecule has 0 amide bonds. The highest BCUT2D eigenvalue weighted by atomic mass is 16.4. The van der Waals surface area contributed by atoms with Crippen LogP contribution in [0.15, 0.2) is 12.2 Å². The molecular formula is C6H9NO4. The van der Waals surface area contributed by atoms with E-state index in [-0.39, 0.29) is 6.54 Å². The Morgan fingerprint density at radius 3 is 2.09 bits per heavy atom. The van der Waals surface area contributed by atoms with Gasteiger partial charge >= 0.3 is 11.9 Å². The number of carboxylic acids is 2. The Kier molecular flexibility index (Phi) is 3.90. The predicted octanol–water partition coefficient (Wildman–Crippen LogP) is -0.713. The minimum Gasteiger partial charge on any atom is -0.480 e. The monoisotopic (exact) mass is 159 g/mol. The first-order valence-corrected chi connectivity index (χ1v) is 2.92.